The lowest BCUT2D eigenvalue weighted by Gasteiger charge is -2.12. The van der Waals surface area contributed by atoms with Crippen LogP contribution in [0.5, 0.6) is 0 Å². The van der Waals surface area contributed by atoms with Gasteiger partial charge in [-0.15, -0.1) is 11.8 Å². The molecule has 1 aliphatic heterocycles. The van der Waals surface area contributed by atoms with E-state index in [1.54, 1.807) is 0 Å². The molecule has 14 heavy (non-hydrogen) atoms. The van der Waals surface area contributed by atoms with Gasteiger partial charge in [0.2, 0.25) is 0 Å². The summed E-state index contributed by atoms with van der Waals surface area (Å²) >= 11 is 2.02. The third-order valence-corrected chi connectivity index (χ3v) is 3.85. The fourth-order valence-corrected chi connectivity index (χ4v) is 3.10. The van der Waals surface area contributed by atoms with Gasteiger partial charge in [0.25, 0.3) is 0 Å². The van der Waals surface area contributed by atoms with E-state index in [9.17, 15) is 0 Å². The van der Waals surface area contributed by atoms with Crippen LogP contribution >= 0.6 is 11.8 Å². The number of benzene rings is 1. The van der Waals surface area contributed by atoms with Crippen LogP contribution in [0, 0.1) is 13.8 Å². The maximum Gasteiger partial charge on any atom is 0.0793 e. The van der Waals surface area contributed by atoms with Gasteiger partial charge in [0.1, 0.15) is 0 Å². The van der Waals surface area contributed by atoms with Crippen molar-refractivity contribution in [2.75, 3.05) is 6.54 Å². The summed E-state index contributed by atoms with van der Waals surface area (Å²) in [4.78, 5) is 0. The van der Waals surface area contributed by atoms with E-state index in [-0.39, 0.29) is 0 Å². The second kappa shape index (κ2) is 3.95. The molecule has 1 saturated heterocycles. The van der Waals surface area contributed by atoms with Gasteiger partial charge in [-0.25, -0.2) is 0 Å². The molecule has 0 saturated carbocycles. The smallest absolute Gasteiger partial charge is 0.0793 e. The average molecular weight is 207 g/mol. The quantitative estimate of drug-likeness (QED) is 0.759. The number of rotatable bonds is 1. The van der Waals surface area contributed by atoms with E-state index >= 15 is 0 Å². The normalized spacial score (nSPS) is 26.8. The molecule has 1 heterocycles. The number of hydrogen-bond donors (Lipinski definition) is 1. The Morgan fingerprint density at radius 3 is 2.36 bits per heavy atom. The summed E-state index contributed by atoms with van der Waals surface area (Å²) in [5.74, 6) is 0. The van der Waals surface area contributed by atoms with Crippen LogP contribution in [-0.2, 0) is 0 Å². The molecule has 0 spiro atoms. The largest absolute Gasteiger partial charge is 0.301 e. The predicted molar refractivity (Wildman–Crippen MR) is 63.7 cm³/mol. The molecule has 2 unspecified atom stereocenters. The fourth-order valence-electron chi connectivity index (χ4n) is 1.96. The zero-order valence-electron chi connectivity index (χ0n) is 9.00. The molecule has 1 N–H and O–H groups in total. The first kappa shape index (κ1) is 10.1. The van der Waals surface area contributed by atoms with E-state index in [1.165, 1.54) is 16.7 Å². The van der Waals surface area contributed by atoms with Gasteiger partial charge in [0.05, 0.1) is 5.37 Å². The second-order valence-electron chi connectivity index (χ2n) is 4.16. The molecular formula is C12H17NS. The maximum absolute atomic E-state index is 3.54. The first-order valence-electron chi connectivity index (χ1n) is 5.12. The van der Waals surface area contributed by atoms with Crippen LogP contribution in [0.3, 0.4) is 0 Å². The average Bonchev–Trinajstić information content (AvgIpc) is 2.50. The Kier molecular flexibility index (Phi) is 2.84. The third-order valence-electron chi connectivity index (χ3n) is 2.51. The first-order valence-corrected chi connectivity index (χ1v) is 6.06. The predicted octanol–water partition coefficient (Wildman–Crippen LogP) is 3.03. The molecule has 1 fully saturated rings. The Hall–Kier alpha value is -0.470. The molecule has 0 aromatic heterocycles. The molecule has 1 aromatic carbocycles. The minimum absolute atomic E-state index is 0.503. The van der Waals surface area contributed by atoms with Crippen molar-refractivity contribution in [1.29, 1.82) is 0 Å². The highest BCUT2D eigenvalue weighted by atomic mass is 32.2. The summed E-state index contributed by atoms with van der Waals surface area (Å²) in [6.45, 7) is 7.74. The van der Waals surface area contributed by atoms with Crippen molar-refractivity contribution >= 4 is 11.8 Å². The van der Waals surface area contributed by atoms with Crippen molar-refractivity contribution in [2.24, 2.45) is 0 Å². The summed E-state index contributed by atoms with van der Waals surface area (Å²) in [7, 11) is 0. The van der Waals surface area contributed by atoms with Gasteiger partial charge < -0.3 is 5.32 Å². The molecule has 2 rings (SSSR count). The van der Waals surface area contributed by atoms with Crippen LogP contribution in [-0.4, -0.2) is 11.8 Å². The lowest BCUT2D eigenvalue weighted by atomic mass is 10.1. The molecule has 1 aromatic rings. The number of hydrogen-bond acceptors (Lipinski definition) is 2. The monoisotopic (exact) mass is 207 g/mol. The molecule has 0 aliphatic carbocycles. The fraction of sp³-hybridized carbons (Fsp3) is 0.500. The van der Waals surface area contributed by atoms with Crippen molar-refractivity contribution in [1.82, 2.24) is 5.32 Å². The summed E-state index contributed by atoms with van der Waals surface area (Å²) in [6, 6.07) is 6.80. The second-order valence-corrected chi connectivity index (χ2v) is 5.70. The summed E-state index contributed by atoms with van der Waals surface area (Å²) in [5.41, 5.74) is 4.15. The zero-order chi connectivity index (χ0) is 10.1. The Bertz CT molecular complexity index is 315. The van der Waals surface area contributed by atoms with Gasteiger partial charge in [-0.05, 0) is 19.4 Å². The lowest BCUT2D eigenvalue weighted by molar-refractivity contribution is 0.717. The number of aryl methyl sites for hydroxylation is 2. The summed E-state index contributed by atoms with van der Waals surface area (Å²) in [5, 5.41) is 4.78. The van der Waals surface area contributed by atoms with Crippen molar-refractivity contribution in [3.63, 3.8) is 0 Å². The Balaban J connectivity index is 2.23. The molecule has 1 nitrogen and oxygen atoms in total. The Morgan fingerprint density at radius 2 is 1.86 bits per heavy atom. The van der Waals surface area contributed by atoms with E-state index in [2.05, 4.69) is 44.3 Å². The van der Waals surface area contributed by atoms with Gasteiger partial charge in [-0.1, -0.05) is 36.2 Å². The van der Waals surface area contributed by atoms with Crippen molar-refractivity contribution < 1.29 is 0 Å². The van der Waals surface area contributed by atoms with Crippen LogP contribution in [0.2, 0.25) is 0 Å². The lowest BCUT2D eigenvalue weighted by Crippen LogP contribution is -2.14. The standard InChI is InChI=1S/C12H17NS/c1-8-4-9(2)6-11(5-8)12-13-7-10(3)14-12/h4-6,10,12-13H,7H2,1-3H3. The van der Waals surface area contributed by atoms with Gasteiger partial charge in [-0.2, -0.15) is 0 Å². The minimum atomic E-state index is 0.503. The Morgan fingerprint density at radius 1 is 1.21 bits per heavy atom. The van der Waals surface area contributed by atoms with E-state index in [4.69, 9.17) is 0 Å². The number of nitrogens with one attached hydrogen (secondary N) is 1. The SMILES string of the molecule is Cc1cc(C)cc(C2NCC(C)S2)c1. The van der Waals surface area contributed by atoms with E-state index in [0.717, 1.165) is 11.8 Å². The van der Waals surface area contributed by atoms with Crippen LogP contribution in [0.4, 0.5) is 0 Å². The number of thioether (sulfide) groups is 1. The summed E-state index contributed by atoms with van der Waals surface area (Å²) < 4.78 is 0. The van der Waals surface area contributed by atoms with Crippen LogP contribution < -0.4 is 5.32 Å². The zero-order valence-corrected chi connectivity index (χ0v) is 9.82. The van der Waals surface area contributed by atoms with Crippen molar-refractivity contribution in [3.05, 3.63) is 34.9 Å². The van der Waals surface area contributed by atoms with Gasteiger partial charge >= 0.3 is 0 Å². The molecule has 0 radical (unpaired) electrons. The van der Waals surface area contributed by atoms with Crippen LogP contribution in [0.1, 0.15) is 29.0 Å². The highest BCUT2D eigenvalue weighted by Gasteiger charge is 2.22. The Labute approximate surface area is 90.3 Å². The minimum Gasteiger partial charge on any atom is -0.301 e. The van der Waals surface area contributed by atoms with E-state index < -0.39 is 0 Å². The molecule has 2 atom stereocenters. The topological polar surface area (TPSA) is 12.0 Å². The molecule has 2 heteroatoms. The highest BCUT2D eigenvalue weighted by Crippen LogP contribution is 2.35. The van der Waals surface area contributed by atoms with Gasteiger partial charge in [-0.3, -0.25) is 0 Å². The van der Waals surface area contributed by atoms with E-state index in [0.29, 0.717) is 5.37 Å². The molecule has 76 valence electrons. The molecule has 0 amide bonds. The molecule has 0 bridgehead atoms. The van der Waals surface area contributed by atoms with Gasteiger partial charge in [0, 0.05) is 11.8 Å². The van der Waals surface area contributed by atoms with Crippen LogP contribution in [0.25, 0.3) is 0 Å². The first-order chi connectivity index (χ1) is 6.65. The van der Waals surface area contributed by atoms with Crippen molar-refractivity contribution in [2.45, 2.75) is 31.4 Å². The van der Waals surface area contributed by atoms with Crippen molar-refractivity contribution in [3.8, 4) is 0 Å². The van der Waals surface area contributed by atoms with E-state index in [1.807, 2.05) is 11.8 Å². The molecular weight excluding hydrogens is 190 g/mol. The summed E-state index contributed by atoms with van der Waals surface area (Å²) in [6.07, 6.45) is 0. The van der Waals surface area contributed by atoms with Gasteiger partial charge in [0.15, 0.2) is 0 Å². The maximum atomic E-state index is 3.54. The van der Waals surface area contributed by atoms with Crippen LogP contribution in [0.15, 0.2) is 18.2 Å². The molecule has 1 aliphatic rings. The third kappa shape index (κ3) is 2.12. The highest BCUT2D eigenvalue weighted by molar-refractivity contribution is 8.00.